The van der Waals surface area contributed by atoms with Gasteiger partial charge in [-0.1, -0.05) is 20.8 Å². The summed E-state index contributed by atoms with van der Waals surface area (Å²) in [6, 6.07) is 0. The summed E-state index contributed by atoms with van der Waals surface area (Å²) in [5.74, 6) is 0.0133. The molecule has 0 aliphatic rings. The van der Waals surface area contributed by atoms with Crippen LogP contribution >= 0.6 is 0 Å². The Balaban J connectivity index is 2.42. The van der Waals surface area contributed by atoms with E-state index in [1.54, 1.807) is 6.20 Å². The van der Waals surface area contributed by atoms with Gasteiger partial charge in [0.2, 0.25) is 5.91 Å². The highest BCUT2D eigenvalue weighted by Gasteiger charge is 2.13. The lowest BCUT2D eigenvalue weighted by Crippen LogP contribution is -2.27. The van der Waals surface area contributed by atoms with Crippen LogP contribution in [0.25, 0.3) is 0 Å². The molecule has 1 rings (SSSR count). The zero-order valence-electron chi connectivity index (χ0n) is 13.5. The fourth-order valence-corrected chi connectivity index (χ4v) is 2.15. The summed E-state index contributed by atoms with van der Waals surface area (Å²) in [6.07, 6.45) is 5.28. The van der Waals surface area contributed by atoms with Crippen molar-refractivity contribution in [2.75, 3.05) is 31.5 Å². The standard InChI is InChI=1S/C15H29N5O/c1-4-19(5-2)9-10-20-12-14(11-17-20)18-15(21)13(3)7-6-8-16/h11-13H,4-10,16H2,1-3H3,(H,18,21). The van der Waals surface area contributed by atoms with Crippen LogP contribution in [-0.4, -0.2) is 46.8 Å². The molecule has 0 saturated heterocycles. The molecule has 0 spiro atoms. The van der Waals surface area contributed by atoms with E-state index in [0.29, 0.717) is 6.54 Å². The average molecular weight is 295 g/mol. The summed E-state index contributed by atoms with van der Waals surface area (Å²) in [4.78, 5) is 14.3. The molecular weight excluding hydrogens is 266 g/mol. The van der Waals surface area contributed by atoms with Gasteiger partial charge in [-0.3, -0.25) is 9.48 Å². The van der Waals surface area contributed by atoms with Crippen LogP contribution in [0, 0.1) is 5.92 Å². The summed E-state index contributed by atoms with van der Waals surface area (Å²) in [5.41, 5.74) is 6.23. The molecule has 1 unspecified atom stereocenters. The minimum absolute atomic E-state index is 0.0208. The molecule has 1 aromatic rings. The molecule has 0 aliphatic heterocycles. The largest absolute Gasteiger partial charge is 0.330 e. The zero-order chi connectivity index (χ0) is 15.7. The van der Waals surface area contributed by atoms with Gasteiger partial charge >= 0.3 is 0 Å². The summed E-state index contributed by atoms with van der Waals surface area (Å²) in [7, 11) is 0. The Bertz CT molecular complexity index is 414. The van der Waals surface area contributed by atoms with Gasteiger partial charge in [-0.2, -0.15) is 5.10 Å². The monoisotopic (exact) mass is 295 g/mol. The fourth-order valence-electron chi connectivity index (χ4n) is 2.15. The quantitative estimate of drug-likeness (QED) is 0.686. The van der Waals surface area contributed by atoms with Crippen molar-refractivity contribution >= 4 is 11.6 Å². The molecule has 0 fully saturated rings. The van der Waals surface area contributed by atoms with Crippen molar-refractivity contribution in [3.63, 3.8) is 0 Å². The van der Waals surface area contributed by atoms with Crippen molar-refractivity contribution in [3.8, 4) is 0 Å². The normalized spacial score (nSPS) is 12.6. The second kappa shape index (κ2) is 9.52. The molecule has 1 atom stereocenters. The van der Waals surface area contributed by atoms with E-state index in [9.17, 15) is 4.79 Å². The van der Waals surface area contributed by atoms with Crippen LogP contribution in [0.1, 0.15) is 33.6 Å². The Kier molecular flexibility index (Phi) is 8.00. The number of hydrogen-bond acceptors (Lipinski definition) is 4. The number of carbonyl (C=O) groups is 1. The van der Waals surface area contributed by atoms with Crippen LogP contribution in [0.15, 0.2) is 12.4 Å². The molecular formula is C15H29N5O. The lowest BCUT2D eigenvalue weighted by molar-refractivity contribution is -0.119. The average Bonchev–Trinajstić information content (AvgIpc) is 2.93. The van der Waals surface area contributed by atoms with E-state index in [1.165, 1.54) is 0 Å². The number of nitrogens with one attached hydrogen (secondary N) is 1. The Hall–Kier alpha value is -1.40. The number of nitrogens with two attached hydrogens (primary N) is 1. The van der Waals surface area contributed by atoms with Crippen LogP contribution in [0.5, 0.6) is 0 Å². The molecule has 21 heavy (non-hydrogen) atoms. The second-order valence-corrected chi connectivity index (χ2v) is 5.34. The molecule has 0 radical (unpaired) electrons. The number of likely N-dealkylation sites (N-methyl/N-ethyl adjacent to an activating group) is 1. The van der Waals surface area contributed by atoms with E-state index in [4.69, 9.17) is 5.73 Å². The lowest BCUT2D eigenvalue weighted by Gasteiger charge is -2.17. The van der Waals surface area contributed by atoms with Crippen molar-refractivity contribution in [1.29, 1.82) is 0 Å². The van der Waals surface area contributed by atoms with Gasteiger partial charge in [0.05, 0.1) is 18.4 Å². The minimum Gasteiger partial charge on any atom is -0.330 e. The smallest absolute Gasteiger partial charge is 0.227 e. The number of carbonyl (C=O) groups excluding carboxylic acids is 1. The highest BCUT2D eigenvalue weighted by Crippen LogP contribution is 2.11. The predicted octanol–water partition coefficient (Wildman–Crippen LogP) is 1.54. The number of amides is 1. The summed E-state index contributed by atoms with van der Waals surface area (Å²) >= 11 is 0. The van der Waals surface area contributed by atoms with Crippen LogP contribution in [0.2, 0.25) is 0 Å². The first-order valence-corrected chi connectivity index (χ1v) is 7.86. The predicted molar refractivity (Wildman–Crippen MR) is 86.1 cm³/mol. The van der Waals surface area contributed by atoms with Crippen molar-refractivity contribution in [2.45, 2.75) is 40.2 Å². The van der Waals surface area contributed by atoms with E-state index in [0.717, 1.165) is 44.7 Å². The van der Waals surface area contributed by atoms with E-state index in [1.807, 2.05) is 17.8 Å². The van der Waals surface area contributed by atoms with Crippen molar-refractivity contribution in [3.05, 3.63) is 12.4 Å². The number of anilines is 1. The van der Waals surface area contributed by atoms with Crippen molar-refractivity contribution < 1.29 is 4.79 Å². The van der Waals surface area contributed by atoms with Crippen LogP contribution in [0.4, 0.5) is 5.69 Å². The maximum atomic E-state index is 12.0. The van der Waals surface area contributed by atoms with Crippen LogP contribution < -0.4 is 11.1 Å². The Morgan fingerprint density at radius 1 is 1.48 bits per heavy atom. The molecule has 1 amide bonds. The molecule has 0 bridgehead atoms. The topological polar surface area (TPSA) is 76.2 Å². The fraction of sp³-hybridized carbons (Fsp3) is 0.733. The third-order valence-electron chi connectivity index (χ3n) is 3.73. The second-order valence-electron chi connectivity index (χ2n) is 5.34. The molecule has 1 aromatic heterocycles. The molecule has 1 heterocycles. The first kappa shape index (κ1) is 17.7. The molecule has 6 nitrogen and oxygen atoms in total. The molecule has 3 N–H and O–H groups in total. The summed E-state index contributed by atoms with van der Waals surface area (Å²) in [5, 5.41) is 7.20. The van der Waals surface area contributed by atoms with Gasteiger partial charge in [0.25, 0.3) is 0 Å². The number of nitrogens with zero attached hydrogens (tertiary/aromatic N) is 3. The van der Waals surface area contributed by atoms with Gasteiger partial charge in [-0.15, -0.1) is 0 Å². The van der Waals surface area contributed by atoms with Crippen LogP contribution in [0.3, 0.4) is 0 Å². The van der Waals surface area contributed by atoms with E-state index in [2.05, 4.69) is 29.2 Å². The zero-order valence-corrected chi connectivity index (χ0v) is 13.5. The first-order chi connectivity index (χ1) is 10.1. The number of hydrogen-bond donors (Lipinski definition) is 2. The molecule has 0 aliphatic carbocycles. The Morgan fingerprint density at radius 2 is 2.19 bits per heavy atom. The van der Waals surface area contributed by atoms with E-state index >= 15 is 0 Å². The Labute approximate surface area is 127 Å². The first-order valence-electron chi connectivity index (χ1n) is 7.86. The maximum absolute atomic E-state index is 12.0. The SMILES string of the molecule is CCN(CC)CCn1cc(NC(=O)C(C)CCCN)cn1. The van der Waals surface area contributed by atoms with Gasteiger partial charge in [0.1, 0.15) is 0 Å². The van der Waals surface area contributed by atoms with Gasteiger partial charge in [-0.05, 0) is 32.5 Å². The van der Waals surface area contributed by atoms with Gasteiger partial charge in [0.15, 0.2) is 0 Å². The molecule has 0 saturated carbocycles. The van der Waals surface area contributed by atoms with Gasteiger partial charge < -0.3 is 16.0 Å². The highest BCUT2D eigenvalue weighted by molar-refractivity contribution is 5.91. The summed E-state index contributed by atoms with van der Waals surface area (Å²) < 4.78 is 1.87. The Morgan fingerprint density at radius 3 is 2.81 bits per heavy atom. The third kappa shape index (κ3) is 6.27. The molecule has 6 heteroatoms. The minimum atomic E-state index is -0.0208. The maximum Gasteiger partial charge on any atom is 0.227 e. The van der Waals surface area contributed by atoms with Gasteiger partial charge in [-0.25, -0.2) is 0 Å². The van der Waals surface area contributed by atoms with Crippen molar-refractivity contribution in [1.82, 2.24) is 14.7 Å². The third-order valence-corrected chi connectivity index (χ3v) is 3.73. The molecule has 120 valence electrons. The van der Waals surface area contributed by atoms with E-state index < -0.39 is 0 Å². The highest BCUT2D eigenvalue weighted by atomic mass is 16.1. The van der Waals surface area contributed by atoms with E-state index in [-0.39, 0.29) is 11.8 Å². The summed E-state index contributed by atoms with van der Waals surface area (Å²) in [6.45, 7) is 10.7. The lowest BCUT2D eigenvalue weighted by atomic mass is 10.1. The van der Waals surface area contributed by atoms with Crippen molar-refractivity contribution in [2.24, 2.45) is 11.7 Å². The van der Waals surface area contributed by atoms with Gasteiger partial charge in [0, 0.05) is 18.7 Å². The number of rotatable bonds is 10. The molecule has 0 aromatic carbocycles. The number of aromatic nitrogens is 2. The van der Waals surface area contributed by atoms with Crippen LogP contribution in [-0.2, 0) is 11.3 Å².